The average Bonchev–Trinajstić information content (AvgIpc) is 2.34. The maximum absolute atomic E-state index is 6.13. The third kappa shape index (κ3) is 2.23. The fraction of sp³-hybridized carbons (Fsp3) is 0.571. The summed E-state index contributed by atoms with van der Waals surface area (Å²) in [6.07, 6.45) is 2.53. The van der Waals surface area contributed by atoms with Crippen LogP contribution in [0.5, 0.6) is 5.75 Å². The Balaban J connectivity index is 2.09. The number of halogens is 1. The molecule has 1 aliphatic rings. The minimum Gasteiger partial charge on any atom is -0.489 e. The van der Waals surface area contributed by atoms with Gasteiger partial charge in [-0.15, -0.1) is 0 Å². The smallest absolute Gasteiger partial charge is 0.133 e. The Labute approximate surface area is 112 Å². The molecular formula is C14H20BrNO. The number of nitrogens with one attached hydrogen (secondary N) is 1. The zero-order chi connectivity index (χ0) is 12.5. The molecular weight excluding hydrogens is 278 g/mol. The number of rotatable bonds is 4. The minimum absolute atomic E-state index is 0.240. The van der Waals surface area contributed by atoms with Crippen LogP contribution in [0.3, 0.4) is 0 Å². The van der Waals surface area contributed by atoms with Gasteiger partial charge in [0.25, 0.3) is 0 Å². The molecule has 1 saturated carbocycles. The molecule has 0 heterocycles. The third-order valence-corrected chi connectivity index (χ3v) is 4.85. The second-order valence-electron chi connectivity index (χ2n) is 4.97. The first-order valence-electron chi connectivity index (χ1n) is 6.20. The van der Waals surface area contributed by atoms with Crippen molar-refractivity contribution in [1.29, 1.82) is 0 Å². The predicted molar refractivity (Wildman–Crippen MR) is 74.4 cm³/mol. The molecule has 0 amide bonds. The summed E-state index contributed by atoms with van der Waals surface area (Å²) >= 11 is 3.53. The maximum Gasteiger partial charge on any atom is 0.133 e. The van der Waals surface area contributed by atoms with Gasteiger partial charge in [0.05, 0.1) is 4.47 Å². The summed E-state index contributed by atoms with van der Waals surface area (Å²) in [6, 6.07) is 8.63. The Hall–Kier alpha value is -0.540. The highest BCUT2D eigenvalue weighted by molar-refractivity contribution is 9.10. The van der Waals surface area contributed by atoms with Crippen molar-refractivity contribution in [2.75, 3.05) is 7.05 Å². The Kier molecular flexibility index (Phi) is 3.79. The fourth-order valence-electron chi connectivity index (χ4n) is 2.61. The van der Waals surface area contributed by atoms with Crippen LogP contribution in [0, 0.1) is 5.41 Å². The highest BCUT2D eigenvalue weighted by Gasteiger charge is 2.51. The van der Waals surface area contributed by atoms with E-state index in [0.717, 1.165) is 23.1 Å². The molecule has 0 bridgehead atoms. The summed E-state index contributed by atoms with van der Waals surface area (Å²) in [5.74, 6) is 0.951. The van der Waals surface area contributed by atoms with Crippen molar-refractivity contribution >= 4 is 15.9 Å². The van der Waals surface area contributed by atoms with E-state index in [1.807, 2.05) is 31.3 Å². The van der Waals surface area contributed by atoms with Crippen molar-refractivity contribution in [3.8, 4) is 5.75 Å². The Bertz CT molecular complexity index is 396. The molecule has 1 aliphatic carbocycles. The van der Waals surface area contributed by atoms with Gasteiger partial charge in [0.2, 0.25) is 0 Å². The van der Waals surface area contributed by atoms with Gasteiger partial charge in [-0.1, -0.05) is 26.0 Å². The first kappa shape index (κ1) is 12.9. The zero-order valence-electron chi connectivity index (χ0n) is 10.7. The molecule has 0 saturated heterocycles. The second kappa shape index (κ2) is 4.99. The van der Waals surface area contributed by atoms with Gasteiger partial charge in [0.15, 0.2) is 0 Å². The van der Waals surface area contributed by atoms with Gasteiger partial charge in [-0.3, -0.25) is 0 Å². The number of benzene rings is 1. The van der Waals surface area contributed by atoms with Gasteiger partial charge in [0, 0.05) is 17.9 Å². The lowest BCUT2D eigenvalue weighted by atomic mass is 9.61. The Morgan fingerprint density at radius 3 is 2.76 bits per heavy atom. The molecule has 94 valence electrons. The van der Waals surface area contributed by atoms with Crippen molar-refractivity contribution in [1.82, 2.24) is 5.32 Å². The highest BCUT2D eigenvalue weighted by Crippen LogP contribution is 2.46. The van der Waals surface area contributed by atoms with Crippen LogP contribution in [-0.4, -0.2) is 19.2 Å². The van der Waals surface area contributed by atoms with Crippen LogP contribution >= 0.6 is 15.9 Å². The van der Waals surface area contributed by atoms with Crippen LogP contribution in [0.1, 0.15) is 26.7 Å². The van der Waals surface area contributed by atoms with E-state index >= 15 is 0 Å². The molecule has 17 heavy (non-hydrogen) atoms. The summed E-state index contributed by atoms with van der Waals surface area (Å²) < 4.78 is 7.17. The second-order valence-corrected chi connectivity index (χ2v) is 5.83. The molecule has 1 fully saturated rings. The SMILES string of the molecule is CCC1(C)C(NC)CC1Oc1ccccc1Br. The van der Waals surface area contributed by atoms with E-state index in [9.17, 15) is 0 Å². The summed E-state index contributed by atoms with van der Waals surface area (Å²) in [6.45, 7) is 4.54. The standard InChI is InChI=1S/C14H20BrNO/c1-4-14(2)12(16-3)9-13(14)17-11-8-6-5-7-10(11)15/h5-8,12-13,16H,4,9H2,1-3H3. The molecule has 0 spiro atoms. The lowest BCUT2D eigenvalue weighted by Crippen LogP contribution is -2.62. The summed E-state index contributed by atoms with van der Waals surface area (Å²) in [5, 5.41) is 3.38. The first-order chi connectivity index (χ1) is 8.11. The van der Waals surface area contributed by atoms with E-state index in [0.29, 0.717) is 12.1 Å². The lowest BCUT2D eigenvalue weighted by Gasteiger charge is -2.53. The number of ether oxygens (including phenoxy) is 1. The minimum atomic E-state index is 0.240. The summed E-state index contributed by atoms with van der Waals surface area (Å²) in [5.41, 5.74) is 0.240. The molecule has 3 atom stereocenters. The van der Waals surface area contributed by atoms with E-state index in [1.54, 1.807) is 0 Å². The molecule has 0 aliphatic heterocycles. The first-order valence-corrected chi connectivity index (χ1v) is 6.99. The van der Waals surface area contributed by atoms with Crippen molar-refractivity contribution in [2.45, 2.75) is 38.8 Å². The molecule has 1 aromatic rings. The fourth-order valence-corrected chi connectivity index (χ4v) is 2.99. The number of hydrogen-bond acceptors (Lipinski definition) is 2. The van der Waals surface area contributed by atoms with Crippen molar-refractivity contribution in [2.24, 2.45) is 5.41 Å². The van der Waals surface area contributed by atoms with Crippen molar-refractivity contribution < 1.29 is 4.74 Å². The predicted octanol–water partition coefficient (Wildman–Crippen LogP) is 3.60. The van der Waals surface area contributed by atoms with Crippen LogP contribution in [0.15, 0.2) is 28.7 Å². The van der Waals surface area contributed by atoms with Gasteiger partial charge in [-0.25, -0.2) is 0 Å². The Morgan fingerprint density at radius 1 is 1.47 bits per heavy atom. The molecule has 3 unspecified atom stereocenters. The van der Waals surface area contributed by atoms with E-state index in [-0.39, 0.29) is 5.41 Å². The number of hydrogen-bond donors (Lipinski definition) is 1. The van der Waals surface area contributed by atoms with Gasteiger partial charge in [-0.2, -0.15) is 0 Å². The molecule has 1 N–H and O–H groups in total. The van der Waals surface area contributed by atoms with Crippen molar-refractivity contribution in [3.05, 3.63) is 28.7 Å². The van der Waals surface area contributed by atoms with Crippen LogP contribution in [0.2, 0.25) is 0 Å². The van der Waals surface area contributed by atoms with Crippen LogP contribution in [0.4, 0.5) is 0 Å². The van der Waals surface area contributed by atoms with Gasteiger partial charge >= 0.3 is 0 Å². The van der Waals surface area contributed by atoms with Gasteiger partial charge in [0.1, 0.15) is 11.9 Å². The highest BCUT2D eigenvalue weighted by atomic mass is 79.9. The third-order valence-electron chi connectivity index (χ3n) is 4.20. The largest absolute Gasteiger partial charge is 0.489 e. The van der Waals surface area contributed by atoms with E-state index in [1.165, 1.54) is 0 Å². The topological polar surface area (TPSA) is 21.3 Å². The molecule has 0 aromatic heterocycles. The Morgan fingerprint density at radius 2 is 2.18 bits per heavy atom. The van der Waals surface area contributed by atoms with E-state index < -0.39 is 0 Å². The van der Waals surface area contributed by atoms with Crippen LogP contribution in [0.25, 0.3) is 0 Å². The van der Waals surface area contributed by atoms with Gasteiger partial charge < -0.3 is 10.1 Å². The molecule has 1 aromatic carbocycles. The van der Waals surface area contributed by atoms with Crippen LogP contribution < -0.4 is 10.1 Å². The van der Waals surface area contributed by atoms with Gasteiger partial charge in [-0.05, 0) is 41.5 Å². The molecule has 2 rings (SSSR count). The average molecular weight is 298 g/mol. The summed E-state index contributed by atoms with van der Waals surface area (Å²) in [4.78, 5) is 0. The molecule has 3 heteroatoms. The maximum atomic E-state index is 6.13. The molecule has 0 radical (unpaired) electrons. The van der Waals surface area contributed by atoms with E-state index in [4.69, 9.17) is 4.74 Å². The normalized spacial score (nSPS) is 32.0. The van der Waals surface area contributed by atoms with Crippen molar-refractivity contribution in [3.63, 3.8) is 0 Å². The van der Waals surface area contributed by atoms with Crippen LogP contribution in [-0.2, 0) is 0 Å². The zero-order valence-corrected chi connectivity index (χ0v) is 12.3. The van der Waals surface area contributed by atoms with E-state index in [2.05, 4.69) is 35.1 Å². The lowest BCUT2D eigenvalue weighted by molar-refractivity contribution is -0.0680. The number of para-hydroxylation sites is 1. The quantitative estimate of drug-likeness (QED) is 0.917. The summed E-state index contributed by atoms with van der Waals surface area (Å²) in [7, 11) is 2.03. The molecule has 2 nitrogen and oxygen atoms in total. The monoisotopic (exact) mass is 297 g/mol.